The van der Waals surface area contributed by atoms with Gasteiger partial charge >= 0.3 is 0 Å². The summed E-state index contributed by atoms with van der Waals surface area (Å²) in [7, 11) is 0. The third kappa shape index (κ3) is 2.59. The molecule has 2 aliphatic rings. The first kappa shape index (κ1) is 14.0. The van der Waals surface area contributed by atoms with Crippen molar-refractivity contribution in [2.75, 3.05) is 19.6 Å². The molecule has 2 bridgehead atoms. The van der Waals surface area contributed by atoms with Crippen molar-refractivity contribution in [1.82, 2.24) is 10.2 Å². The van der Waals surface area contributed by atoms with Crippen LogP contribution in [0.2, 0.25) is 5.02 Å². The van der Waals surface area contributed by atoms with Gasteiger partial charge in [-0.25, -0.2) is 0 Å². The van der Waals surface area contributed by atoms with E-state index in [0.29, 0.717) is 10.6 Å². The van der Waals surface area contributed by atoms with Crippen LogP contribution < -0.4 is 5.32 Å². The molecule has 3 unspecified atom stereocenters. The molecule has 1 N–H and O–H groups in total. The van der Waals surface area contributed by atoms with Crippen LogP contribution in [0.1, 0.15) is 23.2 Å². The Bertz CT molecular complexity index is 718. The molecule has 0 spiro atoms. The van der Waals surface area contributed by atoms with Crippen LogP contribution in [0.4, 0.5) is 0 Å². The predicted octanol–water partition coefficient (Wildman–Crippen LogP) is 3.32. The van der Waals surface area contributed by atoms with Crippen molar-refractivity contribution in [2.24, 2.45) is 5.92 Å². The number of hydrogen-bond acceptors (Lipinski definition) is 2. The molecule has 2 aliphatic heterocycles. The van der Waals surface area contributed by atoms with Crippen LogP contribution in [0, 0.1) is 5.92 Å². The normalized spacial score (nSPS) is 27.0. The van der Waals surface area contributed by atoms with Gasteiger partial charge < -0.3 is 10.2 Å². The van der Waals surface area contributed by atoms with Crippen LogP contribution in [0.15, 0.2) is 36.4 Å². The lowest BCUT2D eigenvalue weighted by Gasteiger charge is -2.30. The molecule has 4 rings (SSSR count). The molecule has 0 aromatic heterocycles. The van der Waals surface area contributed by atoms with Gasteiger partial charge in [0.05, 0.1) is 0 Å². The summed E-state index contributed by atoms with van der Waals surface area (Å²) in [5.74, 6) is 0.763. The molecule has 0 saturated carbocycles. The summed E-state index contributed by atoms with van der Waals surface area (Å²) >= 11 is 6.23. The highest BCUT2D eigenvalue weighted by Crippen LogP contribution is 2.27. The number of rotatable bonds is 2. The first-order valence-electron chi connectivity index (χ1n) is 7.90. The summed E-state index contributed by atoms with van der Waals surface area (Å²) in [4.78, 5) is 15.0. The zero-order valence-corrected chi connectivity index (χ0v) is 13.1. The zero-order chi connectivity index (χ0) is 15.1. The molecule has 4 heteroatoms. The maximum Gasteiger partial charge on any atom is 0.251 e. The Morgan fingerprint density at radius 3 is 3.00 bits per heavy atom. The molecule has 2 saturated heterocycles. The minimum atomic E-state index is 0.00863. The molecule has 2 fully saturated rings. The molecule has 0 aliphatic carbocycles. The van der Waals surface area contributed by atoms with Gasteiger partial charge in [0.1, 0.15) is 0 Å². The average molecular weight is 315 g/mol. The first-order chi connectivity index (χ1) is 10.7. The third-order valence-electron chi connectivity index (χ3n) is 4.89. The zero-order valence-electron chi connectivity index (χ0n) is 12.4. The van der Waals surface area contributed by atoms with Crippen molar-refractivity contribution in [3.8, 4) is 0 Å². The highest BCUT2D eigenvalue weighted by molar-refractivity contribution is 6.35. The van der Waals surface area contributed by atoms with Gasteiger partial charge in [-0.05, 0) is 48.9 Å². The van der Waals surface area contributed by atoms with Crippen LogP contribution in [0.25, 0.3) is 10.8 Å². The number of nitrogens with one attached hydrogen (secondary N) is 1. The minimum absolute atomic E-state index is 0.00863. The van der Waals surface area contributed by atoms with E-state index in [1.54, 1.807) is 0 Å². The molecular weight excluding hydrogens is 296 g/mol. The van der Waals surface area contributed by atoms with E-state index in [4.69, 9.17) is 11.6 Å². The van der Waals surface area contributed by atoms with E-state index in [0.717, 1.165) is 29.7 Å². The number of benzene rings is 2. The number of amides is 1. The standard InChI is InChI=1S/C18H19ClN2O/c19-17-3-1-2-13-4-5-14(9-16(13)17)18(22)20-15-8-12-6-7-21(10-12)11-15/h1-5,9,12,15H,6-8,10-11H2,(H,20,22). The van der Waals surface area contributed by atoms with Gasteiger partial charge in [0.15, 0.2) is 0 Å². The van der Waals surface area contributed by atoms with Crippen LogP contribution in [0.3, 0.4) is 0 Å². The summed E-state index contributed by atoms with van der Waals surface area (Å²) in [5.41, 5.74) is 0.688. The maximum atomic E-state index is 12.5. The second-order valence-corrected chi connectivity index (χ2v) is 6.90. The van der Waals surface area contributed by atoms with Gasteiger partial charge in [0, 0.05) is 35.1 Å². The Morgan fingerprint density at radius 2 is 2.14 bits per heavy atom. The van der Waals surface area contributed by atoms with Crippen LogP contribution >= 0.6 is 11.6 Å². The monoisotopic (exact) mass is 314 g/mol. The van der Waals surface area contributed by atoms with E-state index in [-0.39, 0.29) is 11.9 Å². The second kappa shape index (κ2) is 5.56. The summed E-state index contributed by atoms with van der Waals surface area (Å²) in [6.45, 7) is 3.37. The molecule has 0 radical (unpaired) electrons. The van der Waals surface area contributed by atoms with E-state index in [2.05, 4.69) is 10.2 Å². The Kier molecular flexibility index (Phi) is 3.55. The molecule has 3 nitrogen and oxygen atoms in total. The van der Waals surface area contributed by atoms with Crippen molar-refractivity contribution < 1.29 is 4.79 Å². The number of carbonyl (C=O) groups is 1. The van der Waals surface area contributed by atoms with Gasteiger partial charge in [-0.2, -0.15) is 0 Å². The molecule has 2 heterocycles. The molecule has 1 amide bonds. The minimum Gasteiger partial charge on any atom is -0.348 e. The summed E-state index contributed by atoms with van der Waals surface area (Å²) in [5, 5.41) is 5.88. The molecular formula is C18H19ClN2O. The number of carbonyl (C=O) groups excluding carboxylic acids is 1. The van der Waals surface area contributed by atoms with E-state index >= 15 is 0 Å². The molecule has 22 heavy (non-hydrogen) atoms. The third-order valence-corrected chi connectivity index (χ3v) is 5.22. The summed E-state index contributed by atoms with van der Waals surface area (Å²) < 4.78 is 0. The van der Waals surface area contributed by atoms with Gasteiger partial charge in [-0.1, -0.05) is 29.8 Å². The van der Waals surface area contributed by atoms with Crippen molar-refractivity contribution in [3.63, 3.8) is 0 Å². The van der Waals surface area contributed by atoms with Crippen LogP contribution in [-0.2, 0) is 0 Å². The van der Waals surface area contributed by atoms with Gasteiger partial charge in [-0.15, -0.1) is 0 Å². The number of hydrogen-bond donors (Lipinski definition) is 1. The van der Waals surface area contributed by atoms with Gasteiger partial charge in [0.25, 0.3) is 5.91 Å². The highest BCUT2D eigenvalue weighted by Gasteiger charge is 2.32. The number of halogens is 1. The topological polar surface area (TPSA) is 32.3 Å². The van der Waals surface area contributed by atoms with Crippen molar-refractivity contribution >= 4 is 28.3 Å². The largest absolute Gasteiger partial charge is 0.348 e. The maximum absolute atomic E-state index is 12.5. The molecule has 2 aromatic rings. The number of piperidine rings is 1. The fraction of sp³-hybridized carbons (Fsp3) is 0.389. The lowest BCUT2D eigenvalue weighted by Crippen LogP contribution is -2.47. The highest BCUT2D eigenvalue weighted by atomic mass is 35.5. The van der Waals surface area contributed by atoms with Crippen LogP contribution in [0.5, 0.6) is 0 Å². The van der Waals surface area contributed by atoms with E-state index in [9.17, 15) is 4.79 Å². The quantitative estimate of drug-likeness (QED) is 0.922. The summed E-state index contributed by atoms with van der Waals surface area (Å²) in [6.07, 6.45) is 2.38. The van der Waals surface area contributed by atoms with Crippen molar-refractivity contribution in [2.45, 2.75) is 18.9 Å². The van der Waals surface area contributed by atoms with Gasteiger partial charge in [0.2, 0.25) is 0 Å². The smallest absolute Gasteiger partial charge is 0.251 e. The Hall–Kier alpha value is -1.58. The second-order valence-electron chi connectivity index (χ2n) is 6.50. The SMILES string of the molecule is O=C(NC1CC2CCN(C2)C1)c1ccc2cccc(Cl)c2c1. The van der Waals surface area contributed by atoms with Crippen molar-refractivity contribution in [1.29, 1.82) is 0 Å². The Balaban J connectivity index is 1.54. The summed E-state index contributed by atoms with van der Waals surface area (Å²) in [6, 6.07) is 11.8. The molecule has 114 valence electrons. The number of nitrogens with zero attached hydrogens (tertiary/aromatic N) is 1. The average Bonchev–Trinajstić information content (AvgIpc) is 2.86. The molecule has 2 aromatic carbocycles. The van der Waals surface area contributed by atoms with Crippen LogP contribution in [-0.4, -0.2) is 36.5 Å². The van der Waals surface area contributed by atoms with E-state index in [1.165, 1.54) is 19.5 Å². The predicted molar refractivity (Wildman–Crippen MR) is 89.4 cm³/mol. The Labute approximate surface area is 135 Å². The van der Waals surface area contributed by atoms with E-state index < -0.39 is 0 Å². The van der Waals surface area contributed by atoms with Crippen molar-refractivity contribution in [3.05, 3.63) is 47.0 Å². The fourth-order valence-electron chi connectivity index (χ4n) is 3.81. The number of fused-ring (bicyclic) bond motifs is 3. The Morgan fingerprint density at radius 1 is 1.23 bits per heavy atom. The molecule has 3 atom stereocenters. The lowest BCUT2D eigenvalue weighted by atomic mass is 9.96. The van der Waals surface area contributed by atoms with Gasteiger partial charge in [-0.3, -0.25) is 4.79 Å². The fourth-order valence-corrected chi connectivity index (χ4v) is 4.05. The van der Waals surface area contributed by atoms with E-state index in [1.807, 2.05) is 36.4 Å². The first-order valence-corrected chi connectivity index (χ1v) is 8.28. The lowest BCUT2D eigenvalue weighted by molar-refractivity contribution is 0.0909.